The Bertz CT molecular complexity index is 1220. The molecule has 37 heavy (non-hydrogen) atoms. The Morgan fingerprint density at radius 1 is 1.03 bits per heavy atom. The second-order valence-corrected chi connectivity index (χ2v) is 11.4. The average Bonchev–Trinajstić information content (AvgIpc) is 2.82. The number of methoxy groups -OCH3 is 2. The van der Waals surface area contributed by atoms with Crippen LogP contribution in [0, 0.1) is 0 Å². The molecule has 0 fully saturated rings. The number of benzene rings is 2. The molecule has 0 bridgehead atoms. The summed E-state index contributed by atoms with van der Waals surface area (Å²) in [7, 11) is -1.07. The van der Waals surface area contributed by atoms with Crippen molar-refractivity contribution in [1.82, 2.24) is 10.2 Å². The van der Waals surface area contributed by atoms with Crippen molar-refractivity contribution in [1.29, 1.82) is 0 Å². The Morgan fingerprint density at radius 3 is 2.22 bits per heavy atom. The van der Waals surface area contributed by atoms with Crippen LogP contribution in [0.5, 0.6) is 11.5 Å². The number of nitrogens with zero attached hydrogens (tertiary/aromatic N) is 2. The highest BCUT2D eigenvalue weighted by Crippen LogP contribution is 2.34. The van der Waals surface area contributed by atoms with E-state index in [2.05, 4.69) is 5.32 Å². The predicted molar refractivity (Wildman–Crippen MR) is 146 cm³/mol. The van der Waals surface area contributed by atoms with Gasteiger partial charge in [-0.3, -0.25) is 13.9 Å². The van der Waals surface area contributed by atoms with Gasteiger partial charge in [0.2, 0.25) is 21.8 Å². The van der Waals surface area contributed by atoms with Crippen LogP contribution in [0.15, 0.2) is 36.4 Å². The fraction of sp³-hybridized carbons (Fsp3) is 0.440. The Morgan fingerprint density at radius 2 is 1.70 bits per heavy atom. The summed E-state index contributed by atoms with van der Waals surface area (Å²) in [6.45, 7) is 4.86. The predicted octanol–water partition coefficient (Wildman–Crippen LogP) is 4.11. The normalized spacial score (nSPS) is 12.1. The summed E-state index contributed by atoms with van der Waals surface area (Å²) in [5.74, 6) is -0.268. The van der Waals surface area contributed by atoms with Gasteiger partial charge in [0.25, 0.3) is 0 Å². The summed E-state index contributed by atoms with van der Waals surface area (Å²) >= 11 is 12.2. The fourth-order valence-corrected chi connectivity index (χ4v) is 4.89. The van der Waals surface area contributed by atoms with Crippen molar-refractivity contribution in [3.05, 3.63) is 52.0 Å². The number of sulfonamides is 1. The van der Waals surface area contributed by atoms with Gasteiger partial charge < -0.3 is 19.7 Å². The molecule has 0 aliphatic heterocycles. The van der Waals surface area contributed by atoms with Crippen LogP contribution < -0.4 is 19.1 Å². The Balaban J connectivity index is 2.53. The number of ether oxygens (including phenoxy) is 2. The quantitative estimate of drug-likeness (QED) is 0.409. The molecule has 2 rings (SSSR count). The highest BCUT2D eigenvalue weighted by Gasteiger charge is 2.33. The largest absolute Gasteiger partial charge is 0.497 e. The maximum absolute atomic E-state index is 13.8. The third-order valence-corrected chi connectivity index (χ3v) is 7.35. The molecule has 0 aliphatic rings. The van der Waals surface area contributed by atoms with Gasteiger partial charge in [0.05, 0.1) is 36.2 Å². The van der Waals surface area contributed by atoms with Gasteiger partial charge in [0.15, 0.2) is 0 Å². The van der Waals surface area contributed by atoms with Gasteiger partial charge in [-0.25, -0.2) is 8.42 Å². The summed E-state index contributed by atoms with van der Waals surface area (Å²) in [5.41, 5.74) is 0.791. The average molecular weight is 575 g/mol. The summed E-state index contributed by atoms with van der Waals surface area (Å²) in [5, 5.41) is 3.48. The lowest BCUT2D eigenvalue weighted by molar-refractivity contribution is -0.140. The zero-order valence-electron chi connectivity index (χ0n) is 21.7. The Labute approximate surface area is 228 Å². The first kappa shape index (κ1) is 30.5. The molecule has 0 saturated carbocycles. The second kappa shape index (κ2) is 13.2. The van der Waals surface area contributed by atoms with E-state index in [1.54, 1.807) is 31.2 Å². The first-order chi connectivity index (χ1) is 17.3. The lowest BCUT2D eigenvalue weighted by Crippen LogP contribution is -2.53. The van der Waals surface area contributed by atoms with Gasteiger partial charge in [-0.1, -0.05) is 36.2 Å². The number of nitrogens with one attached hydrogen (secondary N) is 1. The molecule has 0 spiro atoms. The van der Waals surface area contributed by atoms with Crippen molar-refractivity contribution in [2.24, 2.45) is 0 Å². The van der Waals surface area contributed by atoms with E-state index in [4.69, 9.17) is 32.7 Å². The number of carbonyl (C=O) groups is 2. The van der Waals surface area contributed by atoms with Crippen LogP contribution in [0.2, 0.25) is 10.0 Å². The summed E-state index contributed by atoms with van der Waals surface area (Å²) in [6, 6.07) is 8.48. The molecule has 9 nitrogen and oxygen atoms in total. The molecule has 1 N–H and O–H groups in total. The van der Waals surface area contributed by atoms with E-state index in [-0.39, 0.29) is 29.9 Å². The summed E-state index contributed by atoms with van der Waals surface area (Å²) < 4.78 is 37.2. The third-order valence-electron chi connectivity index (χ3n) is 5.49. The second-order valence-electron chi connectivity index (χ2n) is 8.66. The highest BCUT2D eigenvalue weighted by atomic mass is 35.5. The zero-order valence-corrected chi connectivity index (χ0v) is 24.1. The number of rotatable bonds is 12. The summed E-state index contributed by atoms with van der Waals surface area (Å²) in [4.78, 5) is 28.2. The first-order valence-corrected chi connectivity index (χ1v) is 14.2. The number of hydrogen-bond donors (Lipinski definition) is 1. The molecule has 0 aliphatic carbocycles. The van der Waals surface area contributed by atoms with E-state index in [0.717, 1.165) is 10.6 Å². The van der Waals surface area contributed by atoms with Crippen molar-refractivity contribution >= 4 is 50.7 Å². The third kappa shape index (κ3) is 8.15. The number of halogens is 2. The number of hydrogen-bond acceptors (Lipinski definition) is 6. The molecular formula is C25H33Cl2N3O6S. The van der Waals surface area contributed by atoms with Crippen molar-refractivity contribution in [3.63, 3.8) is 0 Å². The van der Waals surface area contributed by atoms with Crippen molar-refractivity contribution in [3.8, 4) is 11.5 Å². The summed E-state index contributed by atoms with van der Waals surface area (Å²) in [6.07, 6.45) is 1.30. The zero-order chi connectivity index (χ0) is 27.9. The molecule has 0 radical (unpaired) electrons. The lowest BCUT2D eigenvalue weighted by atomic mass is 10.1. The molecule has 0 heterocycles. The first-order valence-electron chi connectivity index (χ1n) is 11.6. The standard InChI is InChI=1S/C25H33Cl2N3O6S/c1-7-21(25(32)28-16(2)3)29(14-17-8-10-19(26)20(27)12-17)24(31)15-30(37(6,33)34)22-11-9-18(35-4)13-23(22)36-5/h8-13,16,21H,7,14-15H2,1-6H3,(H,28,32)/t21-/m1/s1. The van der Waals surface area contributed by atoms with Crippen LogP contribution in [0.25, 0.3) is 0 Å². The van der Waals surface area contributed by atoms with Crippen LogP contribution in [-0.4, -0.2) is 64.2 Å². The van der Waals surface area contributed by atoms with Gasteiger partial charge in [0, 0.05) is 18.7 Å². The van der Waals surface area contributed by atoms with Crippen LogP contribution in [0.4, 0.5) is 5.69 Å². The van der Waals surface area contributed by atoms with Gasteiger partial charge >= 0.3 is 0 Å². The van der Waals surface area contributed by atoms with Crippen LogP contribution >= 0.6 is 23.2 Å². The monoisotopic (exact) mass is 573 g/mol. The molecule has 0 unspecified atom stereocenters. The fourth-order valence-electron chi connectivity index (χ4n) is 3.72. The van der Waals surface area contributed by atoms with Gasteiger partial charge in [0.1, 0.15) is 24.1 Å². The number of carbonyl (C=O) groups excluding carboxylic acids is 2. The highest BCUT2D eigenvalue weighted by molar-refractivity contribution is 7.92. The number of anilines is 1. The maximum atomic E-state index is 13.8. The van der Waals surface area contributed by atoms with Crippen molar-refractivity contribution in [2.75, 3.05) is 31.3 Å². The van der Waals surface area contributed by atoms with E-state index in [0.29, 0.717) is 27.8 Å². The Kier molecular flexibility index (Phi) is 10.9. The minimum atomic E-state index is -3.93. The van der Waals surface area contributed by atoms with Gasteiger partial charge in [-0.2, -0.15) is 0 Å². The molecule has 204 valence electrons. The Hall–Kier alpha value is -2.69. The van der Waals surface area contributed by atoms with E-state index in [1.165, 1.54) is 31.3 Å². The van der Waals surface area contributed by atoms with Gasteiger partial charge in [-0.05, 0) is 50.1 Å². The van der Waals surface area contributed by atoms with Gasteiger partial charge in [-0.15, -0.1) is 0 Å². The molecular weight excluding hydrogens is 541 g/mol. The van der Waals surface area contributed by atoms with Crippen LogP contribution in [0.3, 0.4) is 0 Å². The van der Waals surface area contributed by atoms with E-state index < -0.39 is 28.5 Å². The molecule has 2 amide bonds. The van der Waals surface area contributed by atoms with Crippen molar-refractivity contribution < 1.29 is 27.5 Å². The van der Waals surface area contributed by atoms with Crippen LogP contribution in [-0.2, 0) is 26.2 Å². The van der Waals surface area contributed by atoms with Crippen molar-refractivity contribution in [2.45, 2.75) is 45.8 Å². The lowest BCUT2D eigenvalue weighted by Gasteiger charge is -2.33. The molecule has 2 aromatic rings. The minimum Gasteiger partial charge on any atom is -0.497 e. The SMILES string of the molecule is CC[C@H](C(=O)NC(C)C)N(Cc1ccc(Cl)c(Cl)c1)C(=O)CN(c1ccc(OC)cc1OC)S(C)(=O)=O. The molecule has 1 atom stereocenters. The molecule has 12 heteroatoms. The molecule has 0 aromatic heterocycles. The maximum Gasteiger partial charge on any atom is 0.244 e. The molecule has 0 saturated heterocycles. The molecule has 2 aromatic carbocycles. The van der Waals surface area contributed by atoms with Crippen LogP contribution in [0.1, 0.15) is 32.8 Å². The van der Waals surface area contributed by atoms with E-state index in [9.17, 15) is 18.0 Å². The topological polar surface area (TPSA) is 105 Å². The van der Waals surface area contributed by atoms with E-state index >= 15 is 0 Å². The minimum absolute atomic E-state index is 0.0110. The van der Waals surface area contributed by atoms with E-state index in [1.807, 2.05) is 13.8 Å². The number of amides is 2. The smallest absolute Gasteiger partial charge is 0.244 e.